The molecule has 1 N–H and O–H groups in total. The van der Waals surface area contributed by atoms with Crippen LogP contribution in [0.4, 0.5) is 0 Å². The zero-order chi connectivity index (χ0) is 11.1. The highest BCUT2D eigenvalue weighted by Gasteiger charge is 2.56. The van der Waals surface area contributed by atoms with Gasteiger partial charge in [-0.15, -0.1) is 0 Å². The fourth-order valence-electron chi connectivity index (χ4n) is 4.17. The maximum absolute atomic E-state index is 11.2. The Labute approximate surface area is 92.1 Å². The number of hydrogen-bond donors (Lipinski definition) is 1. The van der Waals surface area contributed by atoms with Gasteiger partial charge in [0.2, 0.25) is 0 Å². The molecule has 86 valence electrons. The molecule has 0 bridgehead atoms. The van der Waals surface area contributed by atoms with Gasteiger partial charge >= 0.3 is 5.97 Å². The van der Waals surface area contributed by atoms with Crippen LogP contribution in [0, 0.1) is 16.7 Å². The smallest absolute Gasteiger partial charge is 0.306 e. The lowest BCUT2D eigenvalue weighted by Crippen LogP contribution is -2.41. The van der Waals surface area contributed by atoms with Gasteiger partial charge in [-0.25, -0.2) is 0 Å². The summed E-state index contributed by atoms with van der Waals surface area (Å²) in [6.07, 6.45) is 8.75. The first kappa shape index (κ1) is 11.0. The molecule has 0 aliphatic heterocycles. The maximum Gasteiger partial charge on any atom is 0.306 e. The van der Waals surface area contributed by atoms with E-state index in [-0.39, 0.29) is 11.3 Å². The summed E-state index contributed by atoms with van der Waals surface area (Å²) in [7, 11) is 0. The molecule has 2 unspecified atom stereocenters. The van der Waals surface area contributed by atoms with Crippen molar-refractivity contribution in [2.75, 3.05) is 0 Å². The van der Waals surface area contributed by atoms with E-state index in [1.165, 1.54) is 38.5 Å². The predicted octanol–water partition coefficient (Wildman–Crippen LogP) is 3.46. The van der Waals surface area contributed by atoms with Crippen LogP contribution in [0.1, 0.15) is 58.8 Å². The minimum Gasteiger partial charge on any atom is -0.481 e. The van der Waals surface area contributed by atoms with Gasteiger partial charge in [0.25, 0.3) is 0 Å². The number of aliphatic carboxylic acids is 1. The van der Waals surface area contributed by atoms with Gasteiger partial charge in [0.15, 0.2) is 0 Å². The molecule has 2 rings (SSSR count). The van der Waals surface area contributed by atoms with Gasteiger partial charge in [-0.1, -0.05) is 33.1 Å². The Hall–Kier alpha value is -0.530. The molecule has 2 heteroatoms. The van der Waals surface area contributed by atoms with Crippen LogP contribution in [-0.2, 0) is 4.79 Å². The SMILES string of the molecule is CC(C(=O)O)C1(C)CCCC12CCCC2. The average molecular weight is 210 g/mol. The van der Waals surface area contributed by atoms with Gasteiger partial charge in [-0.05, 0) is 36.5 Å². The molecule has 0 saturated heterocycles. The van der Waals surface area contributed by atoms with Crippen LogP contribution < -0.4 is 0 Å². The van der Waals surface area contributed by atoms with Crippen molar-refractivity contribution < 1.29 is 9.90 Å². The van der Waals surface area contributed by atoms with Crippen molar-refractivity contribution in [1.82, 2.24) is 0 Å². The minimum atomic E-state index is -0.606. The number of hydrogen-bond acceptors (Lipinski definition) is 1. The molecular weight excluding hydrogens is 188 g/mol. The molecule has 2 aliphatic carbocycles. The van der Waals surface area contributed by atoms with E-state index in [1.54, 1.807) is 0 Å². The van der Waals surface area contributed by atoms with E-state index in [9.17, 15) is 9.90 Å². The zero-order valence-corrected chi connectivity index (χ0v) is 9.88. The summed E-state index contributed by atoms with van der Waals surface area (Å²) in [5, 5.41) is 9.25. The van der Waals surface area contributed by atoms with Crippen LogP contribution in [0.5, 0.6) is 0 Å². The van der Waals surface area contributed by atoms with Crippen LogP contribution in [-0.4, -0.2) is 11.1 Å². The first-order valence-corrected chi connectivity index (χ1v) is 6.25. The molecule has 2 atom stereocenters. The quantitative estimate of drug-likeness (QED) is 0.758. The largest absolute Gasteiger partial charge is 0.481 e. The second-order valence-corrected chi connectivity index (χ2v) is 5.82. The molecule has 2 fully saturated rings. The molecule has 15 heavy (non-hydrogen) atoms. The molecule has 0 amide bonds. The van der Waals surface area contributed by atoms with Crippen LogP contribution in [0.25, 0.3) is 0 Å². The van der Waals surface area contributed by atoms with Crippen LogP contribution in [0.2, 0.25) is 0 Å². The summed E-state index contributed by atoms with van der Waals surface area (Å²) in [6, 6.07) is 0. The standard InChI is InChI=1S/C13H22O2/c1-10(11(14)15)12(2)6-5-9-13(12)7-3-4-8-13/h10H,3-9H2,1-2H3,(H,14,15). The molecule has 1 spiro atoms. The molecule has 0 aromatic carbocycles. The third-order valence-electron chi connectivity index (χ3n) is 5.45. The Morgan fingerprint density at radius 3 is 2.20 bits per heavy atom. The van der Waals surface area contributed by atoms with E-state index in [4.69, 9.17) is 0 Å². The van der Waals surface area contributed by atoms with Gasteiger partial charge in [0.05, 0.1) is 5.92 Å². The van der Waals surface area contributed by atoms with Crippen molar-refractivity contribution in [3.8, 4) is 0 Å². The normalized spacial score (nSPS) is 35.9. The van der Waals surface area contributed by atoms with Crippen molar-refractivity contribution in [1.29, 1.82) is 0 Å². The zero-order valence-electron chi connectivity index (χ0n) is 9.88. The second-order valence-electron chi connectivity index (χ2n) is 5.82. The van der Waals surface area contributed by atoms with E-state index in [1.807, 2.05) is 6.92 Å². The summed E-state index contributed by atoms with van der Waals surface area (Å²) >= 11 is 0. The fourth-order valence-corrected chi connectivity index (χ4v) is 4.17. The minimum absolute atomic E-state index is 0.0509. The molecular formula is C13H22O2. The van der Waals surface area contributed by atoms with E-state index < -0.39 is 5.97 Å². The highest BCUT2D eigenvalue weighted by molar-refractivity contribution is 5.70. The second kappa shape index (κ2) is 3.50. The molecule has 2 saturated carbocycles. The average Bonchev–Trinajstić information content (AvgIpc) is 2.77. The first-order chi connectivity index (χ1) is 7.02. The third-order valence-corrected chi connectivity index (χ3v) is 5.45. The van der Waals surface area contributed by atoms with Crippen LogP contribution in [0.3, 0.4) is 0 Å². The molecule has 2 nitrogen and oxygen atoms in total. The number of rotatable bonds is 2. The van der Waals surface area contributed by atoms with Crippen molar-refractivity contribution in [3.63, 3.8) is 0 Å². The van der Waals surface area contributed by atoms with Crippen molar-refractivity contribution in [2.24, 2.45) is 16.7 Å². The lowest BCUT2D eigenvalue weighted by atomic mass is 9.60. The lowest BCUT2D eigenvalue weighted by Gasteiger charge is -2.44. The van der Waals surface area contributed by atoms with Gasteiger partial charge in [-0.3, -0.25) is 4.79 Å². The molecule has 2 aliphatic rings. The van der Waals surface area contributed by atoms with Gasteiger partial charge in [0, 0.05) is 0 Å². The molecule has 0 heterocycles. The Kier molecular flexibility index (Phi) is 2.56. The first-order valence-electron chi connectivity index (χ1n) is 6.25. The molecule has 0 aromatic rings. The van der Waals surface area contributed by atoms with E-state index in [0.717, 1.165) is 6.42 Å². The summed E-state index contributed by atoms with van der Waals surface area (Å²) < 4.78 is 0. The van der Waals surface area contributed by atoms with Gasteiger partial charge < -0.3 is 5.11 Å². The monoisotopic (exact) mass is 210 g/mol. The lowest BCUT2D eigenvalue weighted by molar-refractivity contribution is -0.149. The van der Waals surface area contributed by atoms with Crippen molar-refractivity contribution in [3.05, 3.63) is 0 Å². The molecule has 0 aromatic heterocycles. The van der Waals surface area contributed by atoms with Crippen molar-refractivity contribution in [2.45, 2.75) is 58.8 Å². The fraction of sp³-hybridized carbons (Fsp3) is 0.923. The van der Waals surface area contributed by atoms with Crippen LogP contribution in [0.15, 0.2) is 0 Å². The van der Waals surface area contributed by atoms with E-state index in [2.05, 4.69) is 6.92 Å². The summed E-state index contributed by atoms with van der Waals surface area (Å²) in [5.74, 6) is -0.788. The summed E-state index contributed by atoms with van der Waals surface area (Å²) in [4.78, 5) is 11.2. The predicted molar refractivity (Wildman–Crippen MR) is 59.7 cm³/mol. The summed E-state index contributed by atoms with van der Waals surface area (Å²) in [5.41, 5.74) is 0.417. The highest BCUT2D eigenvalue weighted by atomic mass is 16.4. The Morgan fingerprint density at radius 2 is 1.67 bits per heavy atom. The van der Waals surface area contributed by atoms with E-state index >= 15 is 0 Å². The Balaban J connectivity index is 2.29. The maximum atomic E-state index is 11.2. The summed E-state index contributed by atoms with van der Waals surface area (Å²) in [6.45, 7) is 4.14. The number of carboxylic acids is 1. The Bertz CT molecular complexity index is 260. The topological polar surface area (TPSA) is 37.3 Å². The number of carboxylic acid groups (broad SMARTS) is 1. The Morgan fingerprint density at radius 1 is 1.13 bits per heavy atom. The highest BCUT2D eigenvalue weighted by Crippen LogP contribution is 2.64. The third kappa shape index (κ3) is 1.41. The number of carbonyl (C=O) groups is 1. The van der Waals surface area contributed by atoms with Crippen LogP contribution >= 0.6 is 0 Å². The van der Waals surface area contributed by atoms with Gasteiger partial charge in [-0.2, -0.15) is 0 Å². The van der Waals surface area contributed by atoms with Crippen molar-refractivity contribution >= 4 is 5.97 Å². The van der Waals surface area contributed by atoms with Gasteiger partial charge in [0.1, 0.15) is 0 Å². The van der Waals surface area contributed by atoms with E-state index in [0.29, 0.717) is 5.41 Å². The molecule has 0 radical (unpaired) electrons.